The van der Waals surface area contributed by atoms with Gasteiger partial charge in [-0.05, 0) is 77.0 Å². The van der Waals surface area contributed by atoms with Crippen molar-refractivity contribution in [2.45, 2.75) is 418 Å². The van der Waals surface area contributed by atoms with Crippen molar-refractivity contribution >= 4 is 11.9 Å². The fraction of sp³-hybridized carbons (Fsp3) is 0.918. The van der Waals surface area contributed by atoms with Crippen molar-refractivity contribution < 1.29 is 24.5 Å². The summed E-state index contributed by atoms with van der Waals surface area (Å²) < 4.78 is 5.48. The first-order chi connectivity index (χ1) is 39.0. The highest BCUT2D eigenvalue weighted by molar-refractivity contribution is 5.76. The summed E-state index contributed by atoms with van der Waals surface area (Å²) in [5, 5.41) is 23.4. The van der Waals surface area contributed by atoms with Crippen LogP contribution in [0.15, 0.2) is 24.3 Å². The number of carbonyl (C=O) groups excluding carboxylic acids is 2. The highest BCUT2D eigenvalue weighted by atomic mass is 16.5. The maximum Gasteiger partial charge on any atom is 0.305 e. The first-order valence-corrected chi connectivity index (χ1v) is 36.1. The van der Waals surface area contributed by atoms with E-state index in [0.29, 0.717) is 25.9 Å². The summed E-state index contributed by atoms with van der Waals surface area (Å²) in [6.45, 7) is 4.97. The summed E-state index contributed by atoms with van der Waals surface area (Å²) in [6, 6.07) is -0.543. The number of esters is 1. The lowest BCUT2D eigenvalue weighted by Crippen LogP contribution is -2.45. The molecule has 0 saturated carbocycles. The molecule has 2 atom stereocenters. The molecule has 0 rings (SSSR count). The zero-order valence-electron chi connectivity index (χ0n) is 53.6. The van der Waals surface area contributed by atoms with Gasteiger partial charge in [0.25, 0.3) is 0 Å². The second-order valence-corrected chi connectivity index (χ2v) is 24.9. The normalized spacial score (nSPS) is 12.6. The summed E-state index contributed by atoms with van der Waals surface area (Å²) in [7, 11) is 0. The molecule has 0 heterocycles. The van der Waals surface area contributed by atoms with Gasteiger partial charge in [-0.25, -0.2) is 0 Å². The van der Waals surface area contributed by atoms with Gasteiger partial charge in [-0.3, -0.25) is 9.59 Å². The Morgan fingerprint density at radius 3 is 0.911 bits per heavy atom. The monoisotopic (exact) mass is 1110 g/mol. The van der Waals surface area contributed by atoms with E-state index in [9.17, 15) is 19.8 Å². The number of hydrogen-bond acceptors (Lipinski definition) is 5. The van der Waals surface area contributed by atoms with Gasteiger partial charge in [0.15, 0.2) is 0 Å². The smallest absolute Gasteiger partial charge is 0.305 e. The Morgan fingerprint density at radius 1 is 0.342 bits per heavy atom. The van der Waals surface area contributed by atoms with Crippen LogP contribution in [0, 0.1) is 0 Å². The lowest BCUT2D eigenvalue weighted by Gasteiger charge is -2.22. The number of ether oxygens (including phenoxy) is 1. The van der Waals surface area contributed by atoms with Crippen LogP contribution in [0.5, 0.6) is 0 Å². The number of aliphatic hydroxyl groups is 2. The van der Waals surface area contributed by atoms with E-state index in [2.05, 4.69) is 43.5 Å². The predicted molar refractivity (Wildman–Crippen MR) is 347 cm³/mol. The Kier molecular flexibility index (Phi) is 67.4. The minimum Gasteiger partial charge on any atom is -0.466 e. The Morgan fingerprint density at radius 2 is 0.595 bits per heavy atom. The van der Waals surface area contributed by atoms with Crippen molar-refractivity contribution in [1.82, 2.24) is 5.32 Å². The maximum atomic E-state index is 12.6. The van der Waals surface area contributed by atoms with Gasteiger partial charge in [-0.2, -0.15) is 0 Å². The van der Waals surface area contributed by atoms with Gasteiger partial charge in [0.2, 0.25) is 5.91 Å². The van der Waals surface area contributed by atoms with Crippen LogP contribution in [0.25, 0.3) is 0 Å². The molecule has 2 unspecified atom stereocenters. The average molecular weight is 1110 g/mol. The molecular formula is C73H141NO5. The van der Waals surface area contributed by atoms with Crippen molar-refractivity contribution in [2.24, 2.45) is 0 Å². The summed E-state index contributed by atoms with van der Waals surface area (Å²) in [4.78, 5) is 24.6. The maximum absolute atomic E-state index is 12.6. The van der Waals surface area contributed by atoms with E-state index in [1.807, 2.05) is 0 Å². The van der Waals surface area contributed by atoms with E-state index in [1.165, 1.54) is 327 Å². The number of nitrogens with one attached hydrogen (secondary N) is 1. The Bertz CT molecular complexity index is 1230. The van der Waals surface area contributed by atoms with Crippen molar-refractivity contribution in [3.63, 3.8) is 0 Å². The van der Waals surface area contributed by atoms with Gasteiger partial charge >= 0.3 is 5.97 Å². The number of carbonyl (C=O) groups is 2. The molecule has 3 N–H and O–H groups in total. The molecule has 0 aliphatic carbocycles. The third-order valence-corrected chi connectivity index (χ3v) is 17.0. The number of unbranched alkanes of at least 4 members (excludes halogenated alkanes) is 53. The standard InChI is InChI=1S/C73H141NO5/c1-3-5-7-9-11-13-15-17-18-19-20-21-29-32-35-38-42-45-49-53-57-61-65-71(76)70(69-75)74-72(77)66-62-58-54-50-46-43-39-36-33-30-27-25-23-22-24-26-28-31-34-37-40-44-48-52-56-60-64-68-79-73(78)67-63-59-55-51-47-41-16-14-12-10-8-6-4-2/h14,16,22-23,70-71,75-76H,3-13,15,17-21,24-69H2,1-2H3,(H,74,77)/b16-14-,23-22-. The second-order valence-electron chi connectivity index (χ2n) is 24.9. The van der Waals surface area contributed by atoms with Gasteiger partial charge in [-0.15, -0.1) is 0 Å². The lowest BCUT2D eigenvalue weighted by molar-refractivity contribution is -0.143. The van der Waals surface area contributed by atoms with Gasteiger partial charge < -0.3 is 20.3 Å². The van der Waals surface area contributed by atoms with Crippen molar-refractivity contribution in [1.29, 1.82) is 0 Å². The molecular weight excluding hydrogens is 971 g/mol. The molecule has 0 aromatic carbocycles. The zero-order chi connectivity index (χ0) is 57.1. The molecule has 79 heavy (non-hydrogen) atoms. The van der Waals surface area contributed by atoms with Gasteiger partial charge in [0.1, 0.15) is 0 Å². The molecule has 0 spiro atoms. The quantitative estimate of drug-likeness (QED) is 0.0320. The molecule has 0 saturated heterocycles. The van der Waals surface area contributed by atoms with Gasteiger partial charge in [0, 0.05) is 12.8 Å². The molecule has 0 bridgehead atoms. The number of allylic oxidation sites excluding steroid dienone is 4. The Hall–Kier alpha value is -1.66. The fourth-order valence-corrected chi connectivity index (χ4v) is 11.5. The Labute approximate surface area is 494 Å². The molecule has 0 aliphatic heterocycles. The van der Waals surface area contributed by atoms with E-state index in [-0.39, 0.29) is 18.5 Å². The van der Waals surface area contributed by atoms with Crippen LogP contribution >= 0.6 is 0 Å². The first-order valence-electron chi connectivity index (χ1n) is 36.1. The van der Waals surface area contributed by atoms with Gasteiger partial charge in [-0.1, -0.05) is 340 Å². The van der Waals surface area contributed by atoms with Crippen LogP contribution in [0.2, 0.25) is 0 Å². The molecule has 0 aromatic rings. The summed E-state index contributed by atoms with van der Waals surface area (Å²) in [6.07, 6.45) is 86.6. The zero-order valence-corrected chi connectivity index (χ0v) is 53.6. The predicted octanol–water partition coefficient (Wildman–Crippen LogP) is 23.3. The Balaban J connectivity index is 3.39. The minimum atomic E-state index is -0.666. The average Bonchev–Trinajstić information content (AvgIpc) is 3.45. The topological polar surface area (TPSA) is 95.9 Å². The molecule has 468 valence electrons. The van der Waals surface area contributed by atoms with Crippen LogP contribution in [-0.4, -0.2) is 47.4 Å². The number of aliphatic hydroxyl groups excluding tert-OH is 2. The minimum absolute atomic E-state index is 0.00662. The van der Waals surface area contributed by atoms with Crippen LogP contribution < -0.4 is 5.32 Å². The SMILES string of the molecule is CCCCCC/C=C\CCCCCCCC(=O)OCCCCCCCCCCCCCC/C=C\CCCCCCCCCCCCCC(=O)NC(CO)C(O)CCCCCCCCCCCCCCCCCCCCCCCC. The number of hydrogen-bond donors (Lipinski definition) is 3. The lowest BCUT2D eigenvalue weighted by atomic mass is 10.0. The molecule has 0 aromatic heterocycles. The highest BCUT2D eigenvalue weighted by Crippen LogP contribution is 2.19. The third-order valence-electron chi connectivity index (χ3n) is 17.0. The van der Waals surface area contributed by atoms with Crippen LogP contribution in [0.1, 0.15) is 406 Å². The molecule has 6 nitrogen and oxygen atoms in total. The van der Waals surface area contributed by atoms with Crippen molar-refractivity contribution in [2.75, 3.05) is 13.2 Å². The van der Waals surface area contributed by atoms with Crippen LogP contribution in [0.3, 0.4) is 0 Å². The van der Waals surface area contributed by atoms with E-state index >= 15 is 0 Å². The molecule has 0 radical (unpaired) electrons. The fourth-order valence-electron chi connectivity index (χ4n) is 11.5. The molecule has 0 fully saturated rings. The van der Waals surface area contributed by atoms with Crippen molar-refractivity contribution in [3.05, 3.63) is 24.3 Å². The molecule has 1 amide bonds. The van der Waals surface area contributed by atoms with E-state index in [0.717, 1.165) is 44.9 Å². The summed E-state index contributed by atoms with van der Waals surface area (Å²) in [5.41, 5.74) is 0. The molecule has 6 heteroatoms. The summed E-state index contributed by atoms with van der Waals surface area (Å²) in [5.74, 6) is -0.0245. The highest BCUT2D eigenvalue weighted by Gasteiger charge is 2.20. The number of amides is 1. The van der Waals surface area contributed by atoms with Crippen molar-refractivity contribution in [3.8, 4) is 0 Å². The van der Waals surface area contributed by atoms with Crippen LogP contribution in [-0.2, 0) is 14.3 Å². The van der Waals surface area contributed by atoms with E-state index in [4.69, 9.17) is 4.74 Å². The first kappa shape index (κ1) is 77.3. The van der Waals surface area contributed by atoms with E-state index in [1.54, 1.807) is 0 Å². The largest absolute Gasteiger partial charge is 0.466 e. The van der Waals surface area contributed by atoms with Gasteiger partial charge in [0.05, 0.1) is 25.4 Å². The molecule has 0 aliphatic rings. The summed E-state index contributed by atoms with van der Waals surface area (Å²) >= 11 is 0. The van der Waals surface area contributed by atoms with Crippen LogP contribution in [0.4, 0.5) is 0 Å². The number of rotatable bonds is 68. The third kappa shape index (κ3) is 65.4. The van der Waals surface area contributed by atoms with E-state index < -0.39 is 12.1 Å². The second kappa shape index (κ2) is 68.8.